The normalized spacial score (nSPS) is 11.2. The molecule has 3 aromatic heterocycles. The number of pyridine rings is 1. The van der Waals surface area contributed by atoms with Crippen LogP contribution in [-0.4, -0.2) is 40.4 Å². The van der Waals surface area contributed by atoms with Crippen LogP contribution in [0.1, 0.15) is 29.4 Å². The van der Waals surface area contributed by atoms with Gasteiger partial charge in [-0.05, 0) is 37.8 Å². The molecule has 132 valence electrons. The van der Waals surface area contributed by atoms with Crippen LogP contribution in [-0.2, 0) is 11.8 Å². The molecule has 25 heavy (non-hydrogen) atoms. The first-order chi connectivity index (χ1) is 12.1. The monoisotopic (exact) mass is 358 g/mol. The van der Waals surface area contributed by atoms with E-state index in [1.807, 2.05) is 44.5 Å². The number of ether oxygens (including phenoxy) is 1. The van der Waals surface area contributed by atoms with Gasteiger partial charge in [-0.2, -0.15) is 5.10 Å². The first-order valence-corrected chi connectivity index (χ1v) is 9.24. The highest BCUT2D eigenvalue weighted by molar-refractivity contribution is 7.13. The summed E-state index contributed by atoms with van der Waals surface area (Å²) in [4.78, 5) is 18.5. The second-order valence-electron chi connectivity index (χ2n) is 5.75. The molecule has 1 N–H and O–H groups in total. The number of fused-ring (bicyclic) bond motifs is 1. The Kier molecular flexibility index (Phi) is 5.45. The lowest BCUT2D eigenvalue weighted by Crippen LogP contribution is -2.25. The lowest BCUT2D eigenvalue weighted by molar-refractivity contribution is 0.0946. The number of amides is 1. The summed E-state index contributed by atoms with van der Waals surface area (Å²) in [7, 11) is 1.85. The summed E-state index contributed by atoms with van der Waals surface area (Å²) in [5, 5.41) is 10.2. The maximum absolute atomic E-state index is 12.8. The molecular weight excluding hydrogens is 336 g/mol. The van der Waals surface area contributed by atoms with Gasteiger partial charge in [0.05, 0.1) is 27.2 Å². The molecule has 0 aliphatic heterocycles. The number of nitrogens with zero attached hydrogens (tertiary/aromatic N) is 3. The summed E-state index contributed by atoms with van der Waals surface area (Å²) in [6.45, 7) is 5.79. The van der Waals surface area contributed by atoms with Crippen molar-refractivity contribution in [3.05, 3.63) is 34.8 Å². The number of rotatable bonds is 7. The molecule has 0 atom stereocenters. The third-order valence-corrected chi connectivity index (χ3v) is 4.83. The second kappa shape index (κ2) is 7.76. The van der Waals surface area contributed by atoms with Crippen LogP contribution in [0.4, 0.5) is 0 Å². The van der Waals surface area contributed by atoms with Crippen LogP contribution in [0.5, 0.6) is 0 Å². The number of carbonyl (C=O) groups excluding carboxylic acids is 1. The van der Waals surface area contributed by atoms with E-state index in [9.17, 15) is 4.79 Å². The van der Waals surface area contributed by atoms with Gasteiger partial charge < -0.3 is 10.1 Å². The van der Waals surface area contributed by atoms with E-state index in [0.29, 0.717) is 25.3 Å². The first-order valence-electron chi connectivity index (χ1n) is 8.36. The van der Waals surface area contributed by atoms with E-state index >= 15 is 0 Å². The van der Waals surface area contributed by atoms with E-state index in [1.54, 1.807) is 16.0 Å². The number of hydrogen-bond acceptors (Lipinski definition) is 5. The van der Waals surface area contributed by atoms with E-state index < -0.39 is 0 Å². The number of carbonyl (C=O) groups is 1. The summed E-state index contributed by atoms with van der Waals surface area (Å²) >= 11 is 1.60. The molecule has 7 heteroatoms. The zero-order valence-corrected chi connectivity index (χ0v) is 15.5. The molecule has 0 aliphatic carbocycles. The average molecular weight is 358 g/mol. The standard InChI is InChI=1S/C18H22N4O2S/c1-4-24-9-6-8-19-18(23)13-11-14(15-7-5-10-25-15)20-17-16(13)12(2)21-22(17)3/h5,7,10-11H,4,6,8-9H2,1-3H3,(H,19,23). The predicted octanol–water partition coefficient (Wildman–Crippen LogP) is 3.16. The van der Waals surface area contributed by atoms with Crippen molar-refractivity contribution in [1.82, 2.24) is 20.1 Å². The zero-order chi connectivity index (χ0) is 17.8. The van der Waals surface area contributed by atoms with Crippen molar-refractivity contribution in [2.45, 2.75) is 20.3 Å². The Morgan fingerprint density at radius 2 is 2.28 bits per heavy atom. The van der Waals surface area contributed by atoms with Crippen molar-refractivity contribution in [2.24, 2.45) is 7.05 Å². The number of nitrogens with one attached hydrogen (secondary N) is 1. The molecule has 0 bridgehead atoms. The van der Waals surface area contributed by atoms with E-state index in [-0.39, 0.29) is 5.91 Å². The Bertz CT molecular complexity index is 871. The van der Waals surface area contributed by atoms with Crippen molar-refractivity contribution < 1.29 is 9.53 Å². The fourth-order valence-electron chi connectivity index (χ4n) is 2.79. The van der Waals surface area contributed by atoms with Gasteiger partial charge in [-0.3, -0.25) is 9.48 Å². The molecular formula is C18H22N4O2S. The molecule has 0 aliphatic rings. The molecule has 0 radical (unpaired) electrons. The molecule has 0 saturated carbocycles. The van der Waals surface area contributed by atoms with Crippen LogP contribution in [0.2, 0.25) is 0 Å². The smallest absolute Gasteiger partial charge is 0.252 e. The molecule has 0 fully saturated rings. The number of hydrogen-bond donors (Lipinski definition) is 1. The summed E-state index contributed by atoms with van der Waals surface area (Å²) in [5.74, 6) is -0.0993. The number of thiophene rings is 1. The Balaban J connectivity index is 1.93. The van der Waals surface area contributed by atoms with Crippen LogP contribution >= 0.6 is 11.3 Å². The van der Waals surface area contributed by atoms with Gasteiger partial charge in [0.2, 0.25) is 0 Å². The van der Waals surface area contributed by atoms with Crippen molar-refractivity contribution >= 4 is 28.3 Å². The Morgan fingerprint density at radius 1 is 1.44 bits per heavy atom. The maximum atomic E-state index is 12.8. The van der Waals surface area contributed by atoms with Gasteiger partial charge in [-0.15, -0.1) is 11.3 Å². The van der Waals surface area contributed by atoms with Crippen LogP contribution in [0.15, 0.2) is 23.6 Å². The molecule has 3 heterocycles. The third kappa shape index (κ3) is 3.72. The minimum absolute atomic E-state index is 0.0993. The van der Waals surface area contributed by atoms with Crippen molar-refractivity contribution in [2.75, 3.05) is 19.8 Å². The van der Waals surface area contributed by atoms with Crippen LogP contribution in [0.3, 0.4) is 0 Å². The summed E-state index contributed by atoms with van der Waals surface area (Å²) in [6, 6.07) is 5.85. The lowest BCUT2D eigenvalue weighted by atomic mass is 10.1. The largest absolute Gasteiger partial charge is 0.382 e. The molecule has 3 rings (SSSR count). The van der Waals surface area contributed by atoms with Gasteiger partial charge in [-0.1, -0.05) is 6.07 Å². The van der Waals surface area contributed by atoms with E-state index in [1.165, 1.54) is 0 Å². The molecule has 3 aromatic rings. The van der Waals surface area contributed by atoms with Crippen LogP contribution in [0, 0.1) is 6.92 Å². The SMILES string of the molecule is CCOCCCNC(=O)c1cc(-c2cccs2)nc2c1c(C)nn2C. The highest BCUT2D eigenvalue weighted by Crippen LogP contribution is 2.29. The molecule has 0 saturated heterocycles. The van der Waals surface area contributed by atoms with E-state index in [2.05, 4.69) is 10.4 Å². The van der Waals surface area contributed by atoms with Gasteiger partial charge >= 0.3 is 0 Å². The van der Waals surface area contributed by atoms with Crippen molar-refractivity contribution in [3.63, 3.8) is 0 Å². The highest BCUT2D eigenvalue weighted by atomic mass is 32.1. The number of aryl methyl sites for hydroxylation is 2. The summed E-state index contributed by atoms with van der Waals surface area (Å²) in [6.07, 6.45) is 0.789. The maximum Gasteiger partial charge on any atom is 0.252 e. The Hall–Kier alpha value is -2.25. The molecule has 6 nitrogen and oxygen atoms in total. The topological polar surface area (TPSA) is 69.0 Å². The molecule has 1 amide bonds. The van der Waals surface area contributed by atoms with Crippen LogP contribution < -0.4 is 5.32 Å². The van der Waals surface area contributed by atoms with Gasteiger partial charge in [0.1, 0.15) is 0 Å². The van der Waals surface area contributed by atoms with Crippen molar-refractivity contribution in [1.29, 1.82) is 0 Å². The average Bonchev–Trinajstić information content (AvgIpc) is 3.23. The molecule has 0 unspecified atom stereocenters. The quantitative estimate of drug-likeness (QED) is 0.659. The van der Waals surface area contributed by atoms with Crippen molar-refractivity contribution in [3.8, 4) is 10.6 Å². The van der Waals surface area contributed by atoms with Gasteiger partial charge in [0.15, 0.2) is 5.65 Å². The fraction of sp³-hybridized carbons (Fsp3) is 0.389. The van der Waals surface area contributed by atoms with Gasteiger partial charge in [-0.25, -0.2) is 4.98 Å². The zero-order valence-electron chi connectivity index (χ0n) is 14.7. The predicted molar refractivity (Wildman–Crippen MR) is 100 cm³/mol. The van der Waals surface area contributed by atoms with Gasteiger partial charge in [0, 0.05) is 26.8 Å². The Labute approximate surface area is 150 Å². The first kappa shape index (κ1) is 17.6. The minimum atomic E-state index is -0.0993. The highest BCUT2D eigenvalue weighted by Gasteiger charge is 2.19. The molecule has 0 aromatic carbocycles. The summed E-state index contributed by atoms with van der Waals surface area (Å²) < 4.78 is 7.04. The second-order valence-corrected chi connectivity index (χ2v) is 6.69. The minimum Gasteiger partial charge on any atom is -0.382 e. The van der Waals surface area contributed by atoms with Gasteiger partial charge in [0.25, 0.3) is 5.91 Å². The lowest BCUT2D eigenvalue weighted by Gasteiger charge is -2.09. The Morgan fingerprint density at radius 3 is 3.00 bits per heavy atom. The van der Waals surface area contributed by atoms with E-state index in [4.69, 9.17) is 9.72 Å². The van der Waals surface area contributed by atoms with E-state index in [0.717, 1.165) is 33.7 Å². The summed E-state index contributed by atoms with van der Waals surface area (Å²) in [5.41, 5.74) is 2.95. The fourth-order valence-corrected chi connectivity index (χ4v) is 3.48. The third-order valence-electron chi connectivity index (χ3n) is 3.94. The molecule has 0 spiro atoms. The number of aromatic nitrogens is 3. The van der Waals surface area contributed by atoms with Crippen LogP contribution in [0.25, 0.3) is 21.6 Å².